The molecule has 102 valence electrons. The van der Waals surface area contributed by atoms with Crippen LogP contribution < -0.4 is 5.32 Å². The minimum Gasteiger partial charge on any atom is -0.373 e. The van der Waals surface area contributed by atoms with E-state index in [1.807, 2.05) is 7.05 Å². The average Bonchev–Trinajstić information content (AvgIpc) is 2.85. The first-order valence-corrected chi connectivity index (χ1v) is 7.77. The average molecular weight is 295 g/mol. The lowest BCUT2D eigenvalue weighted by Gasteiger charge is -2.13. The van der Waals surface area contributed by atoms with E-state index in [2.05, 4.69) is 45.4 Å². The van der Waals surface area contributed by atoms with Gasteiger partial charge in [0.15, 0.2) is 4.34 Å². The molecule has 0 aliphatic carbocycles. The van der Waals surface area contributed by atoms with Gasteiger partial charge in [-0.05, 0) is 29.2 Å². The molecule has 1 N–H and O–H groups in total. The van der Waals surface area contributed by atoms with Crippen molar-refractivity contribution in [3.63, 3.8) is 0 Å². The molecule has 0 saturated heterocycles. The van der Waals surface area contributed by atoms with E-state index in [1.165, 1.54) is 11.5 Å². The van der Waals surface area contributed by atoms with Gasteiger partial charge in [0, 0.05) is 19.0 Å². The molecule has 0 aliphatic heterocycles. The fourth-order valence-corrected chi connectivity index (χ4v) is 3.54. The second-order valence-corrected chi connectivity index (χ2v) is 6.27. The van der Waals surface area contributed by atoms with Crippen molar-refractivity contribution in [1.29, 1.82) is 0 Å². The minimum atomic E-state index is 0.352. The standard InChI is InChI=1S/C12H17N5S2/c1-5-8-16-12(19-17-8)18-11-9(7(2)3)10(13-4)14-6-15-11/h6-7H,5H2,1-4H3,(H,13,14,15). The van der Waals surface area contributed by atoms with E-state index in [9.17, 15) is 0 Å². The van der Waals surface area contributed by atoms with Crippen LogP contribution in [-0.4, -0.2) is 26.4 Å². The van der Waals surface area contributed by atoms with Gasteiger partial charge in [0.1, 0.15) is 23.0 Å². The van der Waals surface area contributed by atoms with Gasteiger partial charge in [0.25, 0.3) is 0 Å². The zero-order valence-electron chi connectivity index (χ0n) is 11.5. The molecule has 0 aliphatic rings. The Kier molecular flexibility index (Phi) is 4.71. The summed E-state index contributed by atoms with van der Waals surface area (Å²) in [7, 11) is 1.88. The van der Waals surface area contributed by atoms with Crippen LogP contribution in [0.15, 0.2) is 15.7 Å². The summed E-state index contributed by atoms with van der Waals surface area (Å²) in [6.45, 7) is 6.34. The Hall–Kier alpha value is -1.21. The number of anilines is 1. The van der Waals surface area contributed by atoms with Gasteiger partial charge in [-0.25, -0.2) is 15.0 Å². The fourth-order valence-electron chi connectivity index (χ4n) is 1.69. The predicted molar refractivity (Wildman–Crippen MR) is 79.1 cm³/mol. The van der Waals surface area contributed by atoms with Gasteiger partial charge in [-0.2, -0.15) is 4.37 Å². The zero-order chi connectivity index (χ0) is 13.8. The Labute approximate surface area is 121 Å². The number of aryl methyl sites for hydroxylation is 1. The molecule has 2 aromatic rings. The molecule has 0 spiro atoms. The van der Waals surface area contributed by atoms with Crippen LogP contribution in [0.25, 0.3) is 0 Å². The van der Waals surface area contributed by atoms with Crippen molar-refractivity contribution < 1.29 is 0 Å². The van der Waals surface area contributed by atoms with Crippen LogP contribution in [-0.2, 0) is 6.42 Å². The van der Waals surface area contributed by atoms with Crippen molar-refractivity contribution in [2.75, 3.05) is 12.4 Å². The third-order valence-electron chi connectivity index (χ3n) is 2.61. The Balaban J connectivity index is 2.33. The lowest BCUT2D eigenvalue weighted by Crippen LogP contribution is -2.03. The highest BCUT2D eigenvalue weighted by Crippen LogP contribution is 2.35. The van der Waals surface area contributed by atoms with E-state index in [0.29, 0.717) is 5.92 Å². The third kappa shape index (κ3) is 3.22. The predicted octanol–water partition coefficient (Wildman–Crippen LogP) is 3.21. The smallest absolute Gasteiger partial charge is 0.176 e. The molecular formula is C12H17N5S2. The van der Waals surface area contributed by atoms with Crippen LogP contribution in [0.2, 0.25) is 0 Å². The topological polar surface area (TPSA) is 63.6 Å². The molecule has 2 heterocycles. The summed E-state index contributed by atoms with van der Waals surface area (Å²) in [4.78, 5) is 13.1. The highest BCUT2D eigenvalue weighted by Gasteiger charge is 2.16. The van der Waals surface area contributed by atoms with Crippen LogP contribution in [0.5, 0.6) is 0 Å². The molecule has 7 heteroatoms. The van der Waals surface area contributed by atoms with Gasteiger partial charge >= 0.3 is 0 Å². The molecule has 0 fully saturated rings. The number of hydrogen-bond donors (Lipinski definition) is 1. The molecule has 0 amide bonds. The van der Waals surface area contributed by atoms with E-state index in [1.54, 1.807) is 18.1 Å². The van der Waals surface area contributed by atoms with Crippen molar-refractivity contribution in [1.82, 2.24) is 19.3 Å². The van der Waals surface area contributed by atoms with Crippen LogP contribution in [0.1, 0.15) is 38.1 Å². The minimum absolute atomic E-state index is 0.352. The maximum atomic E-state index is 4.47. The summed E-state index contributed by atoms with van der Waals surface area (Å²) in [5.41, 5.74) is 1.13. The Morgan fingerprint density at radius 2 is 2.16 bits per heavy atom. The third-order valence-corrected chi connectivity index (χ3v) is 4.42. The molecule has 0 atom stereocenters. The Bertz CT molecular complexity index is 553. The largest absolute Gasteiger partial charge is 0.373 e. The molecule has 5 nitrogen and oxygen atoms in total. The number of nitrogens with one attached hydrogen (secondary N) is 1. The summed E-state index contributed by atoms with van der Waals surface area (Å²) < 4.78 is 5.23. The summed E-state index contributed by atoms with van der Waals surface area (Å²) >= 11 is 2.99. The van der Waals surface area contributed by atoms with Crippen LogP contribution in [0.4, 0.5) is 5.82 Å². The quantitative estimate of drug-likeness (QED) is 0.855. The van der Waals surface area contributed by atoms with Crippen molar-refractivity contribution in [3.05, 3.63) is 17.7 Å². The summed E-state index contributed by atoms with van der Waals surface area (Å²) in [5, 5.41) is 4.07. The van der Waals surface area contributed by atoms with E-state index in [4.69, 9.17) is 0 Å². The highest BCUT2D eigenvalue weighted by molar-refractivity contribution is 8.00. The summed E-state index contributed by atoms with van der Waals surface area (Å²) in [6.07, 6.45) is 2.45. The van der Waals surface area contributed by atoms with Gasteiger partial charge in [0.2, 0.25) is 0 Å². The lowest BCUT2D eigenvalue weighted by molar-refractivity contribution is 0.805. The van der Waals surface area contributed by atoms with Gasteiger partial charge in [-0.1, -0.05) is 20.8 Å². The lowest BCUT2D eigenvalue weighted by atomic mass is 10.1. The van der Waals surface area contributed by atoms with E-state index in [-0.39, 0.29) is 0 Å². The van der Waals surface area contributed by atoms with E-state index in [0.717, 1.165) is 33.0 Å². The highest BCUT2D eigenvalue weighted by atomic mass is 32.2. The molecule has 0 bridgehead atoms. The number of aromatic nitrogens is 4. The second kappa shape index (κ2) is 6.29. The monoisotopic (exact) mass is 295 g/mol. The summed E-state index contributed by atoms with van der Waals surface area (Å²) in [5.74, 6) is 2.12. The molecule has 0 radical (unpaired) electrons. The van der Waals surface area contributed by atoms with E-state index < -0.39 is 0 Å². The second-order valence-electron chi connectivity index (χ2n) is 4.28. The van der Waals surface area contributed by atoms with Crippen molar-refractivity contribution in [2.24, 2.45) is 0 Å². The summed E-state index contributed by atoms with van der Waals surface area (Å²) in [6, 6.07) is 0. The van der Waals surface area contributed by atoms with Gasteiger partial charge in [-0.3, -0.25) is 0 Å². The number of rotatable bonds is 5. The van der Waals surface area contributed by atoms with Crippen molar-refractivity contribution >= 4 is 29.1 Å². The Morgan fingerprint density at radius 3 is 2.74 bits per heavy atom. The van der Waals surface area contributed by atoms with E-state index >= 15 is 0 Å². The molecule has 19 heavy (non-hydrogen) atoms. The molecule has 0 unspecified atom stereocenters. The number of nitrogens with zero attached hydrogens (tertiary/aromatic N) is 4. The number of hydrogen-bond acceptors (Lipinski definition) is 7. The SMILES string of the molecule is CCc1nsc(Sc2ncnc(NC)c2C(C)C)n1. The fraction of sp³-hybridized carbons (Fsp3) is 0.500. The Morgan fingerprint density at radius 1 is 1.37 bits per heavy atom. The zero-order valence-corrected chi connectivity index (χ0v) is 13.1. The molecule has 2 aromatic heterocycles. The first kappa shape index (κ1) is 14.2. The van der Waals surface area contributed by atoms with Gasteiger partial charge in [-0.15, -0.1) is 0 Å². The first-order chi connectivity index (χ1) is 9.15. The molecule has 2 rings (SSSR count). The molecule has 0 aromatic carbocycles. The normalized spacial score (nSPS) is 11.0. The van der Waals surface area contributed by atoms with Gasteiger partial charge < -0.3 is 5.32 Å². The van der Waals surface area contributed by atoms with Crippen LogP contribution in [0, 0.1) is 0 Å². The maximum Gasteiger partial charge on any atom is 0.176 e. The van der Waals surface area contributed by atoms with Crippen LogP contribution >= 0.6 is 23.3 Å². The van der Waals surface area contributed by atoms with Crippen molar-refractivity contribution in [2.45, 2.75) is 42.5 Å². The van der Waals surface area contributed by atoms with Gasteiger partial charge in [0.05, 0.1) is 0 Å². The maximum absolute atomic E-state index is 4.47. The first-order valence-electron chi connectivity index (χ1n) is 6.18. The molecule has 0 saturated carbocycles. The van der Waals surface area contributed by atoms with Crippen LogP contribution in [0.3, 0.4) is 0 Å². The van der Waals surface area contributed by atoms with Crippen molar-refractivity contribution in [3.8, 4) is 0 Å². The molecular weight excluding hydrogens is 278 g/mol.